The zero-order valence-electron chi connectivity index (χ0n) is 14.9. The van der Waals surface area contributed by atoms with Gasteiger partial charge in [0.05, 0.1) is 5.75 Å². The van der Waals surface area contributed by atoms with Crippen LogP contribution < -0.4 is 10.2 Å². The summed E-state index contributed by atoms with van der Waals surface area (Å²) < 4.78 is 1.86. The van der Waals surface area contributed by atoms with Crippen molar-refractivity contribution >= 4 is 29.0 Å². The van der Waals surface area contributed by atoms with Gasteiger partial charge >= 0.3 is 0 Å². The van der Waals surface area contributed by atoms with Crippen molar-refractivity contribution in [2.45, 2.75) is 5.16 Å². The third-order valence-electron chi connectivity index (χ3n) is 3.75. The number of rotatable bonds is 6. The molecule has 3 rings (SSSR count). The highest BCUT2D eigenvalue weighted by Crippen LogP contribution is 2.22. The number of hydrogen-bond acceptors (Lipinski definition) is 6. The third-order valence-corrected chi connectivity index (χ3v) is 4.77. The zero-order valence-corrected chi connectivity index (χ0v) is 15.7. The molecule has 1 amide bonds. The lowest BCUT2D eigenvalue weighted by molar-refractivity contribution is -0.113. The van der Waals surface area contributed by atoms with Gasteiger partial charge in [-0.15, -0.1) is 10.2 Å². The molecule has 8 heteroatoms. The Balaban J connectivity index is 1.59. The Kier molecular flexibility index (Phi) is 5.52. The molecule has 0 spiro atoms. The number of benzene rings is 1. The minimum atomic E-state index is -0.0847. The lowest BCUT2D eigenvalue weighted by Crippen LogP contribution is -2.15. The van der Waals surface area contributed by atoms with E-state index in [1.807, 2.05) is 67.0 Å². The number of hydrogen-bond donors (Lipinski definition) is 1. The van der Waals surface area contributed by atoms with Gasteiger partial charge in [0.2, 0.25) is 5.91 Å². The van der Waals surface area contributed by atoms with Crippen LogP contribution in [0.5, 0.6) is 0 Å². The molecule has 0 radical (unpaired) electrons. The standard InChI is InChI=1S/C18H20N6OS/c1-23(2)15-8-6-14(7-9-15)20-16(25)12-26-18-22-21-17(24(18)3)13-5-4-10-19-11-13/h4-11H,12H2,1-3H3,(H,20,25). The van der Waals surface area contributed by atoms with Crippen LogP contribution >= 0.6 is 11.8 Å². The van der Waals surface area contributed by atoms with Crippen LogP contribution in [0.25, 0.3) is 11.4 Å². The molecule has 0 aliphatic rings. The van der Waals surface area contributed by atoms with E-state index in [1.165, 1.54) is 11.8 Å². The minimum absolute atomic E-state index is 0.0847. The molecule has 0 atom stereocenters. The summed E-state index contributed by atoms with van der Waals surface area (Å²) in [5.74, 6) is 0.896. The first-order valence-corrected chi connectivity index (χ1v) is 9.03. The molecule has 1 aromatic carbocycles. The number of carbonyl (C=O) groups is 1. The summed E-state index contributed by atoms with van der Waals surface area (Å²) >= 11 is 1.35. The predicted octanol–water partition coefficient (Wildman–Crippen LogP) is 2.67. The average molecular weight is 368 g/mol. The number of anilines is 2. The van der Waals surface area contributed by atoms with Gasteiger partial charge in [-0.1, -0.05) is 11.8 Å². The van der Waals surface area contributed by atoms with Crippen LogP contribution in [0.4, 0.5) is 11.4 Å². The SMILES string of the molecule is CN(C)c1ccc(NC(=O)CSc2nnc(-c3cccnc3)n2C)cc1. The maximum atomic E-state index is 12.2. The molecule has 0 saturated carbocycles. The van der Waals surface area contributed by atoms with E-state index in [4.69, 9.17) is 0 Å². The summed E-state index contributed by atoms with van der Waals surface area (Å²) in [7, 11) is 5.83. The van der Waals surface area contributed by atoms with Gasteiger partial charge in [0, 0.05) is 50.5 Å². The maximum absolute atomic E-state index is 12.2. The predicted molar refractivity (Wildman–Crippen MR) is 104 cm³/mol. The molecule has 0 aliphatic heterocycles. The molecule has 0 saturated heterocycles. The second-order valence-electron chi connectivity index (χ2n) is 5.89. The quantitative estimate of drug-likeness (QED) is 0.674. The van der Waals surface area contributed by atoms with Crippen molar-refractivity contribution in [2.24, 2.45) is 7.05 Å². The van der Waals surface area contributed by atoms with Crippen LogP contribution in [0, 0.1) is 0 Å². The second-order valence-corrected chi connectivity index (χ2v) is 6.83. The molecule has 1 N–H and O–H groups in total. The maximum Gasteiger partial charge on any atom is 0.234 e. The van der Waals surface area contributed by atoms with E-state index in [0.717, 1.165) is 22.8 Å². The number of nitrogens with one attached hydrogen (secondary N) is 1. The van der Waals surface area contributed by atoms with Crippen molar-refractivity contribution in [2.75, 3.05) is 30.1 Å². The largest absolute Gasteiger partial charge is 0.378 e. The first-order chi connectivity index (χ1) is 12.5. The van der Waals surface area contributed by atoms with Crippen LogP contribution in [-0.2, 0) is 11.8 Å². The number of aromatic nitrogens is 4. The summed E-state index contributed by atoms with van der Waals surface area (Å²) in [5.41, 5.74) is 2.74. The van der Waals surface area contributed by atoms with E-state index in [2.05, 4.69) is 20.5 Å². The van der Waals surface area contributed by atoms with Crippen molar-refractivity contribution in [3.63, 3.8) is 0 Å². The highest BCUT2D eigenvalue weighted by molar-refractivity contribution is 7.99. The van der Waals surface area contributed by atoms with E-state index >= 15 is 0 Å². The fraction of sp³-hybridized carbons (Fsp3) is 0.222. The highest BCUT2D eigenvalue weighted by Gasteiger charge is 2.13. The highest BCUT2D eigenvalue weighted by atomic mass is 32.2. The van der Waals surface area contributed by atoms with Crippen molar-refractivity contribution in [3.05, 3.63) is 48.8 Å². The van der Waals surface area contributed by atoms with Crippen LogP contribution in [0.1, 0.15) is 0 Å². The monoisotopic (exact) mass is 368 g/mol. The Bertz CT molecular complexity index is 876. The molecule has 134 valence electrons. The van der Waals surface area contributed by atoms with Gasteiger partial charge in [-0.05, 0) is 36.4 Å². The fourth-order valence-electron chi connectivity index (χ4n) is 2.36. The summed E-state index contributed by atoms with van der Waals surface area (Å²) in [6.07, 6.45) is 3.45. The summed E-state index contributed by atoms with van der Waals surface area (Å²) in [6, 6.07) is 11.5. The normalized spacial score (nSPS) is 10.6. The molecule has 7 nitrogen and oxygen atoms in total. The fourth-order valence-corrected chi connectivity index (χ4v) is 3.07. The molecule has 2 heterocycles. The van der Waals surface area contributed by atoms with Gasteiger partial charge in [0.15, 0.2) is 11.0 Å². The average Bonchev–Trinajstić information content (AvgIpc) is 3.02. The van der Waals surface area contributed by atoms with E-state index in [1.54, 1.807) is 12.4 Å². The first-order valence-electron chi connectivity index (χ1n) is 8.04. The zero-order chi connectivity index (χ0) is 18.5. The lowest BCUT2D eigenvalue weighted by Gasteiger charge is -2.13. The summed E-state index contributed by atoms with van der Waals surface area (Å²) in [4.78, 5) is 18.3. The van der Waals surface area contributed by atoms with Crippen molar-refractivity contribution in [3.8, 4) is 11.4 Å². The first kappa shape index (κ1) is 17.9. The van der Waals surface area contributed by atoms with Gasteiger partial charge in [0.1, 0.15) is 0 Å². The van der Waals surface area contributed by atoms with Gasteiger partial charge in [-0.3, -0.25) is 9.78 Å². The van der Waals surface area contributed by atoms with Gasteiger partial charge in [-0.25, -0.2) is 0 Å². The molecular formula is C18H20N6OS. The second kappa shape index (κ2) is 8.01. The molecule has 0 bridgehead atoms. The Morgan fingerprint density at radius 2 is 1.96 bits per heavy atom. The van der Waals surface area contributed by atoms with Gasteiger partial charge < -0.3 is 14.8 Å². The Hall–Kier alpha value is -2.87. The lowest BCUT2D eigenvalue weighted by atomic mass is 10.2. The number of amides is 1. The van der Waals surface area contributed by atoms with E-state index in [9.17, 15) is 4.79 Å². The van der Waals surface area contributed by atoms with Crippen molar-refractivity contribution < 1.29 is 4.79 Å². The topological polar surface area (TPSA) is 75.9 Å². The van der Waals surface area contributed by atoms with E-state index in [-0.39, 0.29) is 11.7 Å². The Labute approximate surface area is 156 Å². The molecule has 0 aliphatic carbocycles. The minimum Gasteiger partial charge on any atom is -0.378 e. The van der Waals surface area contributed by atoms with Gasteiger partial charge in [-0.2, -0.15) is 0 Å². The molecule has 26 heavy (non-hydrogen) atoms. The summed E-state index contributed by atoms with van der Waals surface area (Å²) in [5, 5.41) is 11.9. The third kappa shape index (κ3) is 4.20. The van der Waals surface area contributed by atoms with Gasteiger partial charge in [0.25, 0.3) is 0 Å². The number of thioether (sulfide) groups is 1. The molecule has 3 aromatic rings. The van der Waals surface area contributed by atoms with Crippen LogP contribution in [0.2, 0.25) is 0 Å². The van der Waals surface area contributed by atoms with Crippen LogP contribution in [0.15, 0.2) is 53.9 Å². The molecular weight excluding hydrogens is 348 g/mol. The van der Waals surface area contributed by atoms with Crippen molar-refractivity contribution in [1.29, 1.82) is 0 Å². The molecule has 0 fully saturated rings. The molecule has 2 aromatic heterocycles. The molecule has 0 unspecified atom stereocenters. The van der Waals surface area contributed by atoms with Crippen LogP contribution in [-0.4, -0.2) is 45.5 Å². The van der Waals surface area contributed by atoms with E-state index in [0.29, 0.717) is 5.16 Å². The Morgan fingerprint density at radius 3 is 2.62 bits per heavy atom. The Morgan fingerprint density at radius 1 is 1.19 bits per heavy atom. The number of nitrogens with zero attached hydrogens (tertiary/aromatic N) is 5. The number of carbonyl (C=O) groups excluding carboxylic acids is 1. The van der Waals surface area contributed by atoms with E-state index < -0.39 is 0 Å². The smallest absolute Gasteiger partial charge is 0.234 e. The van der Waals surface area contributed by atoms with Crippen molar-refractivity contribution in [1.82, 2.24) is 19.7 Å². The van der Waals surface area contributed by atoms with Crippen LogP contribution in [0.3, 0.4) is 0 Å². The number of pyridine rings is 1. The summed E-state index contributed by atoms with van der Waals surface area (Å²) in [6.45, 7) is 0.